The molecular weight excluding hydrogens is 479 g/mol. The Bertz CT molecular complexity index is 1330. The smallest absolute Gasteiger partial charge is 0.263 e. The zero-order chi connectivity index (χ0) is 25.7. The van der Waals surface area contributed by atoms with Gasteiger partial charge in [-0.05, 0) is 70.2 Å². The molecule has 0 bridgehead atoms. The first-order chi connectivity index (χ1) is 17.1. The molecule has 5 N–H and O–H groups in total. The molecule has 4 heterocycles. The summed E-state index contributed by atoms with van der Waals surface area (Å²) in [7, 11) is 0. The van der Waals surface area contributed by atoms with Crippen LogP contribution < -0.4 is 21.7 Å². The largest absolute Gasteiger partial charge is 0.397 e. The molecule has 0 aromatic carbocycles. The molecule has 0 radical (unpaired) electrons. The lowest BCUT2D eigenvalue weighted by Crippen LogP contribution is -2.39. The van der Waals surface area contributed by atoms with Crippen LogP contribution in [0.25, 0.3) is 10.2 Å². The van der Waals surface area contributed by atoms with Gasteiger partial charge in [0, 0.05) is 35.9 Å². The van der Waals surface area contributed by atoms with E-state index in [1.54, 1.807) is 6.07 Å². The third-order valence-electron chi connectivity index (χ3n) is 6.94. The fourth-order valence-corrected chi connectivity index (χ4v) is 6.44. The molecule has 0 saturated carbocycles. The Balaban J connectivity index is 1.30. The molecule has 192 valence electrons. The topological polar surface area (TPSA) is 119 Å². The number of aryl methyl sites for hydroxylation is 3. The van der Waals surface area contributed by atoms with Crippen LogP contribution in [-0.4, -0.2) is 53.3 Å². The molecule has 3 aromatic rings. The Morgan fingerprint density at radius 1 is 1.28 bits per heavy atom. The number of nitrogens with zero attached hydrogens (tertiary/aromatic N) is 3. The van der Waals surface area contributed by atoms with E-state index < -0.39 is 0 Å². The van der Waals surface area contributed by atoms with Crippen molar-refractivity contribution < 1.29 is 13.9 Å². The number of carbonyl (C=O) groups is 1. The number of fused-ring (bicyclic) bond motifs is 2. The van der Waals surface area contributed by atoms with Gasteiger partial charge >= 0.3 is 0 Å². The number of nitrogens with one attached hydrogen (secondary N) is 1. The van der Waals surface area contributed by atoms with Gasteiger partial charge in [0.2, 0.25) is 0 Å². The summed E-state index contributed by atoms with van der Waals surface area (Å²) in [5.74, 6) is -0.255. The lowest BCUT2D eigenvalue weighted by atomic mass is 9.91. The van der Waals surface area contributed by atoms with Gasteiger partial charge in [-0.2, -0.15) is 0 Å². The number of hydrogen-bond donors (Lipinski definition) is 3. The second-order valence-corrected chi connectivity index (χ2v) is 11.2. The lowest BCUT2D eigenvalue weighted by Gasteiger charge is -2.27. The summed E-state index contributed by atoms with van der Waals surface area (Å²) >= 11 is 1.31. The highest BCUT2D eigenvalue weighted by Gasteiger charge is 2.34. The first kappa shape index (κ1) is 24.9. The molecule has 1 fully saturated rings. The quantitative estimate of drug-likeness (QED) is 0.480. The molecule has 1 saturated heterocycles. The van der Waals surface area contributed by atoms with E-state index in [2.05, 4.69) is 15.3 Å². The van der Waals surface area contributed by atoms with E-state index in [-0.39, 0.29) is 36.0 Å². The van der Waals surface area contributed by atoms with Crippen molar-refractivity contribution in [3.63, 3.8) is 0 Å². The molecule has 1 amide bonds. The molecule has 2 aliphatic rings. The second kappa shape index (κ2) is 9.57. The van der Waals surface area contributed by atoms with Gasteiger partial charge in [0.05, 0.1) is 23.9 Å². The lowest BCUT2D eigenvalue weighted by molar-refractivity contribution is 0.0127. The third-order valence-corrected chi connectivity index (χ3v) is 8.04. The highest BCUT2D eigenvalue weighted by Crippen LogP contribution is 2.35. The van der Waals surface area contributed by atoms with Crippen LogP contribution in [0.3, 0.4) is 0 Å². The minimum Gasteiger partial charge on any atom is -0.397 e. The van der Waals surface area contributed by atoms with Crippen LogP contribution in [0.15, 0.2) is 12.1 Å². The molecule has 3 unspecified atom stereocenters. The summed E-state index contributed by atoms with van der Waals surface area (Å²) < 4.78 is 21.0. The van der Waals surface area contributed by atoms with Crippen molar-refractivity contribution in [1.29, 1.82) is 0 Å². The van der Waals surface area contributed by atoms with Crippen LogP contribution in [0.4, 0.5) is 15.9 Å². The van der Waals surface area contributed by atoms with Crippen LogP contribution in [0.5, 0.6) is 0 Å². The second-order valence-electron chi connectivity index (χ2n) is 10.2. The van der Waals surface area contributed by atoms with Gasteiger partial charge in [0.25, 0.3) is 5.91 Å². The van der Waals surface area contributed by atoms with Gasteiger partial charge in [0.1, 0.15) is 9.71 Å². The van der Waals surface area contributed by atoms with E-state index in [4.69, 9.17) is 16.2 Å². The van der Waals surface area contributed by atoms with Crippen molar-refractivity contribution in [1.82, 2.24) is 15.3 Å². The zero-order valence-electron chi connectivity index (χ0n) is 21.1. The fraction of sp³-hybridized carbons (Fsp3) is 0.500. The average Bonchev–Trinajstić information content (AvgIpc) is 3.32. The molecule has 8 nitrogen and oxygen atoms in total. The van der Waals surface area contributed by atoms with E-state index in [1.807, 2.05) is 38.7 Å². The van der Waals surface area contributed by atoms with Gasteiger partial charge in [-0.15, -0.1) is 11.3 Å². The van der Waals surface area contributed by atoms with Gasteiger partial charge in [-0.1, -0.05) is 0 Å². The zero-order valence-corrected chi connectivity index (χ0v) is 21.9. The Morgan fingerprint density at radius 2 is 2.06 bits per heavy atom. The molecule has 10 heteroatoms. The number of carbonyl (C=O) groups excluding carboxylic acids is 1. The van der Waals surface area contributed by atoms with Crippen molar-refractivity contribution in [2.45, 2.75) is 71.2 Å². The maximum absolute atomic E-state index is 15.1. The summed E-state index contributed by atoms with van der Waals surface area (Å²) in [6.07, 6.45) is 1.80. The maximum atomic E-state index is 15.1. The predicted molar refractivity (Wildman–Crippen MR) is 141 cm³/mol. The standard InChI is InChI=1S/C26H33FN6O2S/c1-12(2)35-20-11-33(10-18(20)28)24-17(27)9-15-8-16(5-6-19(15)32-24)31-25(34)23-22(29)21-13(3)7-14(4)30-26(21)36-23/h7,9,12,16,18,20H,5-6,8,10-11,28-29H2,1-4H3,(H,31,34). The van der Waals surface area contributed by atoms with Crippen molar-refractivity contribution in [2.24, 2.45) is 5.73 Å². The van der Waals surface area contributed by atoms with E-state index in [0.717, 1.165) is 39.2 Å². The number of hydrogen-bond acceptors (Lipinski definition) is 8. The predicted octanol–water partition coefficient (Wildman–Crippen LogP) is 3.26. The van der Waals surface area contributed by atoms with Crippen molar-refractivity contribution in [2.75, 3.05) is 23.7 Å². The molecule has 36 heavy (non-hydrogen) atoms. The summed E-state index contributed by atoms with van der Waals surface area (Å²) in [5.41, 5.74) is 16.6. The number of ether oxygens (including phenoxy) is 1. The van der Waals surface area contributed by atoms with Crippen molar-refractivity contribution in [3.05, 3.63) is 45.3 Å². The molecule has 3 aromatic heterocycles. The van der Waals surface area contributed by atoms with Crippen LogP contribution in [0.1, 0.15) is 52.5 Å². The van der Waals surface area contributed by atoms with Gasteiger partial charge in [0.15, 0.2) is 11.6 Å². The number of nitrogens with two attached hydrogens (primary N) is 2. The first-order valence-corrected chi connectivity index (χ1v) is 13.2. The molecule has 1 aliphatic heterocycles. The normalized spacial score (nSPS) is 21.9. The van der Waals surface area contributed by atoms with Crippen LogP contribution in [0, 0.1) is 19.7 Å². The molecule has 0 spiro atoms. The highest BCUT2D eigenvalue weighted by molar-refractivity contribution is 7.21. The van der Waals surface area contributed by atoms with E-state index in [1.165, 1.54) is 11.3 Å². The Hall–Kier alpha value is -2.82. The van der Waals surface area contributed by atoms with E-state index in [9.17, 15) is 4.79 Å². The first-order valence-electron chi connectivity index (χ1n) is 12.4. The van der Waals surface area contributed by atoms with Gasteiger partial charge in [-0.25, -0.2) is 14.4 Å². The van der Waals surface area contributed by atoms with Crippen LogP contribution in [0.2, 0.25) is 0 Å². The average molecular weight is 513 g/mol. The summed E-state index contributed by atoms with van der Waals surface area (Å²) in [4.78, 5) is 25.5. The SMILES string of the molecule is Cc1cc(C)c2c(N)c(C(=O)NC3CCc4nc(N5CC(N)C(OC(C)C)C5)c(F)cc4C3)sc2n1. The van der Waals surface area contributed by atoms with Crippen molar-refractivity contribution in [3.8, 4) is 0 Å². The molecule has 5 rings (SSSR count). The van der Waals surface area contributed by atoms with Gasteiger partial charge < -0.3 is 26.4 Å². The number of aromatic nitrogens is 2. The molecular formula is C26H33FN6O2S. The van der Waals surface area contributed by atoms with Gasteiger partial charge in [-0.3, -0.25) is 4.79 Å². The Morgan fingerprint density at radius 3 is 2.81 bits per heavy atom. The van der Waals surface area contributed by atoms with E-state index >= 15 is 4.39 Å². The number of thiophene rings is 1. The Labute approximate surface area is 214 Å². The summed E-state index contributed by atoms with van der Waals surface area (Å²) in [6, 6.07) is 3.21. The van der Waals surface area contributed by atoms with Crippen LogP contribution >= 0.6 is 11.3 Å². The fourth-order valence-electron chi connectivity index (χ4n) is 5.32. The maximum Gasteiger partial charge on any atom is 0.263 e. The summed E-state index contributed by atoms with van der Waals surface area (Å²) in [5, 5.41) is 3.94. The van der Waals surface area contributed by atoms with E-state index in [0.29, 0.717) is 42.3 Å². The Kier molecular flexibility index (Phi) is 6.61. The number of halogens is 1. The third kappa shape index (κ3) is 4.65. The number of pyridine rings is 2. The number of anilines is 2. The van der Waals surface area contributed by atoms with Crippen LogP contribution in [-0.2, 0) is 17.6 Å². The molecule has 3 atom stereocenters. The number of nitrogen functional groups attached to an aromatic ring is 1. The summed E-state index contributed by atoms with van der Waals surface area (Å²) in [6.45, 7) is 8.86. The molecule has 1 aliphatic carbocycles. The highest BCUT2D eigenvalue weighted by atomic mass is 32.1. The minimum atomic E-state index is -0.371. The number of rotatable bonds is 5. The minimum absolute atomic E-state index is 0.0572. The number of amides is 1. The monoisotopic (exact) mass is 512 g/mol. The van der Waals surface area contributed by atoms with Crippen molar-refractivity contribution >= 4 is 39.0 Å².